The zero-order valence-corrected chi connectivity index (χ0v) is 16.7. The molecule has 0 spiro atoms. The molecule has 0 radical (unpaired) electrons. The molecule has 160 valence electrons. The molecular weight excluding hydrogens is 370 g/mol. The van der Waals surface area contributed by atoms with Gasteiger partial charge in [0.25, 0.3) is 0 Å². The van der Waals surface area contributed by atoms with Gasteiger partial charge in [-0.1, -0.05) is 34.1 Å². The number of primary amides is 1. The summed E-state index contributed by atoms with van der Waals surface area (Å²) in [6.07, 6.45) is 0.185. The normalized spacial score (nSPS) is 15.1. The van der Waals surface area contributed by atoms with E-state index in [1.807, 2.05) is 6.92 Å². The summed E-state index contributed by atoms with van der Waals surface area (Å²) in [6.45, 7) is 6.40. The molecule has 0 aliphatic rings. The first-order valence-electron chi connectivity index (χ1n) is 9.04. The third-order valence-corrected chi connectivity index (χ3v) is 4.22. The molecule has 11 nitrogen and oxygen atoms in total. The van der Waals surface area contributed by atoms with Crippen LogP contribution in [-0.2, 0) is 24.0 Å². The number of aliphatic carboxylic acids is 1. The molecule has 0 saturated carbocycles. The SMILES string of the molecule is CCC(C)C(NC(=O)CNC(=O)C(N)CC(N)=O)C(=O)NC(C(=O)O)C(C)C. The van der Waals surface area contributed by atoms with E-state index in [1.54, 1.807) is 20.8 Å². The standard InChI is InChI=1S/C17H31N5O6/c1-5-9(4)14(16(26)22-13(8(2)3)17(27)28)21-12(24)7-20-15(25)10(18)6-11(19)23/h8-10,13-14H,5-7,18H2,1-4H3,(H2,19,23)(H,20,25)(H,21,24)(H,22,26)(H,27,28). The van der Waals surface area contributed by atoms with Crippen LogP contribution in [0.3, 0.4) is 0 Å². The van der Waals surface area contributed by atoms with Crippen molar-refractivity contribution < 1.29 is 29.1 Å². The first kappa shape index (κ1) is 25.3. The van der Waals surface area contributed by atoms with Crippen LogP contribution in [0.4, 0.5) is 0 Å². The summed E-state index contributed by atoms with van der Waals surface area (Å²) in [4.78, 5) is 58.4. The first-order chi connectivity index (χ1) is 12.9. The number of carboxylic acid groups (broad SMARTS) is 1. The average molecular weight is 401 g/mol. The van der Waals surface area contributed by atoms with Crippen molar-refractivity contribution in [2.75, 3.05) is 6.54 Å². The summed E-state index contributed by atoms with van der Waals surface area (Å²) in [7, 11) is 0. The highest BCUT2D eigenvalue weighted by molar-refractivity contribution is 5.93. The molecule has 4 unspecified atom stereocenters. The molecule has 4 amide bonds. The van der Waals surface area contributed by atoms with E-state index < -0.39 is 54.3 Å². The quantitative estimate of drug-likeness (QED) is 0.219. The van der Waals surface area contributed by atoms with E-state index in [9.17, 15) is 29.1 Å². The van der Waals surface area contributed by atoms with Crippen LogP contribution in [0.15, 0.2) is 0 Å². The lowest BCUT2D eigenvalue weighted by atomic mass is 9.96. The lowest BCUT2D eigenvalue weighted by Gasteiger charge is -2.26. The minimum absolute atomic E-state index is 0.279. The van der Waals surface area contributed by atoms with Crippen LogP contribution < -0.4 is 27.4 Å². The highest BCUT2D eigenvalue weighted by Gasteiger charge is 2.31. The fourth-order valence-electron chi connectivity index (χ4n) is 2.29. The number of nitrogens with one attached hydrogen (secondary N) is 3. The van der Waals surface area contributed by atoms with Gasteiger partial charge in [-0.3, -0.25) is 19.2 Å². The van der Waals surface area contributed by atoms with Crippen LogP contribution >= 0.6 is 0 Å². The van der Waals surface area contributed by atoms with Gasteiger partial charge in [-0.2, -0.15) is 0 Å². The largest absolute Gasteiger partial charge is 0.480 e. The molecule has 0 fully saturated rings. The van der Waals surface area contributed by atoms with Gasteiger partial charge in [0.1, 0.15) is 12.1 Å². The fraction of sp³-hybridized carbons (Fsp3) is 0.706. The number of hydrogen-bond acceptors (Lipinski definition) is 6. The van der Waals surface area contributed by atoms with Gasteiger partial charge in [0.15, 0.2) is 0 Å². The van der Waals surface area contributed by atoms with Gasteiger partial charge < -0.3 is 32.5 Å². The molecule has 4 atom stereocenters. The van der Waals surface area contributed by atoms with Crippen LogP contribution in [0.25, 0.3) is 0 Å². The predicted molar refractivity (Wildman–Crippen MR) is 101 cm³/mol. The van der Waals surface area contributed by atoms with Crippen molar-refractivity contribution in [1.82, 2.24) is 16.0 Å². The summed E-state index contributed by atoms with van der Waals surface area (Å²) in [5.41, 5.74) is 10.4. The second kappa shape index (κ2) is 11.9. The minimum Gasteiger partial charge on any atom is -0.480 e. The summed E-state index contributed by atoms with van der Waals surface area (Å²) in [5, 5.41) is 16.4. The molecule has 0 rings (SSSR count). The highest BCUT2D eigenvalue weighted by atomic mass is 16.4. The van der Waals surface area contributed by atoms with E-state index in [-0.39, 0.29) is 18.3 Å². The summed E-state index contributed by atoms with van der Waals surface area (Å²) in [5.74, 6) is -4.56. The van der Waals surface area contributed by atoms with Crippen molar-refractivity contribution in [2.45, 2.75) is 58.7 Å². The number of hydrogen-bond donors (Lipinski definition) is 6. The van der Waals surface area contributed by atoms with Crippen molar-refractivity contribution in [3.8, 4) is 0 Å². The average Bonchev–Trinajstić information content (AvgIpc) is 2.59. The Morgan fingerprint density at radius 1 is 0.964 bits per heavy atom. The molecule has 0 bridgehead atoms. The third kappa shape index (κ3) is 8.80. The first-order valence-corrected chi connectivity index (χ1v) is 9.04. The Hall–Kier alpha value is -2.69. The Morgan fingerprint density at radius 3 is 1.96 bits per heavy atom. The molecule has 11 heteroatoms. The van der Waals surface area contributed by atoms with Crippen molar-refractivity contribution in [2.24, 2.45) is 23.3 Å². The van der Waals surface area contributed by atoms with Gasteiger partial charge in [-0.25, -0.2) is 4.79 Å². The molecular formula is C17H31N5O6. The number of carbonyl (C=O) groups is 5. The Kier molecular flexibility index (Phi) is 10.8. The van der Waals surface area contributed by atoms with Crippen molar-refractivity contribution in [1.29, 1.82) is 0 Å². The van der Waals surface area contributed by atoms with E-state index in [0.717, 1.165) is 0 Å². The van der Waals surface area contributed by atoms with Crippen LogP contribution in [0, 0.1) is 11.8 Å². The maximum absolute atomic E-state index is 12.5. The Morgan fingerprint density at radius 2 is 1.54 bits per heavy atom. The zero-order valence-electron chi connectivity index (χ0n) is 16.7. The van der Waals surface area contributed by atoms with Gasteiger partial charge in [0, 0.05) is 0 Å². The molecule has 0 saturated heterocycles. The minimum atomic E-state index is -1.18. The smallest absolute Gasteiger partial charge is 0.326 e. The van der Waals surface area contributed by atoms with Crippen molar-refractivity contribution in [3.63, 3.8) is 0 Å². The van der Waals surface area contributed by atoms with Gasteiger partial charge in [-0.05, 0) is 11.8 Å². The van der Waals surface area contributed by atoms with E-state index in [1.165, 1.54) is 0 Å². The van der Waals surface area contributed by atoms with Gasteiger partial charge >= 0.3 is 5.97 Å². The third-order valence-electron chi connectivity index (χ3n) is 4.22. The Bertz CT molecular complexity index is 595. The number of amides is 4. The summed E-state index contributed by atoms with van der Waals surface area (Å²) in [6, 6.07) is -3.25. The molecule has 8 N–H and O–H groups in total. The maximum Gasteiger partial charge on any atom is 0.326 e. The Balaban J connectivity index is 4.93. The number of nitrogens with two attached hydrogens (primary N) is 2. The summed E-state index contributed by atoms with van der Waals surface area (Å²) < 4.78 is 0. The molecule has 0 heterocycles. The van der Waals surface area contributed by atoms with E-state index >= 15 is 0 Å². The summed E-state index contributed by atoms with van der Waals surface area (Å²) >= 11 is 0. The van der Waals surface area contributed by atoms with E-state index in [4.69, 9.17) is 11.5 Å². The van der Waals surface area contributed by atoms with Gasteiger partial charge in [-0.15, -0.1) is 0 Å². The lowest BCUT2D eigenvalue weighted by molar-refractivity contribution is -0.143. The van der Waals surface area contributed by atoms with Crippen LogP contribution in [0.5, 0.6) is 0 Å². The number of carboxylic acids is 1. The molecule has 0 aromatic rings. The predicted octanol–water partition coefficient (Wildman–Crippen LogP) is -1.94. The van der Waals surface area contributed by atoms with Crippen LogP contribution in [0.2, 0.25) is 0 Å². The zero-order chi connectivity index (χ0) is 22.0. The highest BCUT2D eigenvalue weighted by Crippen LogP contribution is 2.10. The van der Waals surface area contributed by atoms with Gasteiger partial charge in [0.2, 0.25) is 23.6 Å². The molecule has 0 aliphatic heterocycles. The second-order valence-corrected chi connectivity index (χ2v) is 6.99. The molecule has 0 aliphatic carbocycles. The van der Waals surface area contributed by atoms with E-state index in [2.05, 4.69) is 16.0 Å². The number of carbonyl (C=O) groups excluding carboxylic acids is 4. The second-order valence-electron chi connectivity index (χ2n) is 6.99. The van der Waals surface area contributed by atoms with Crippen molar-refractivity contribution >= 4 is 29.6 Å². The molecule has 0 aromatic carbocycles. The molecule has 28 heavy (non-hydrogen) atoms. The molecule has 0 aromatic heterocycles. The van der Waals surface area contributed by atoms with Crippen LogP contribution in [0.1, 0.15) is 40.5 Å². The fourth-order valence-corrected chi connectivity index (χ4v) is 2.29. The Labute approximate surface area is 164 Å². The lowest BCUT2D eigenvalue weighted by Crippen LogP contribution is -2.56. The van der Waals surface area contributed by atoms with Crippen LogP contribution in [-0.4, -0.2) is 59.4 Å². The van der Waals surface area contributed by atoms with Gasteiger partial charge in [0.05, 0.1) is 19.0 Å². The topological polar surface area (TPSA) is 194 Å². The van der Waals surface area contributed by atoms with Crippen molar-refractivity contribution in [3.05, 3.63) is 0 Å². The maximum atomic E-state index is 12.5. The van der Waals surface area contributed by atoms with E-state index in [0.29, 0.717) is 6.42 Å². The monoisotopic (exact) mass is 401 g/mol. The number of rotatable bonds is 12.